The second-order valence-corrected chi connectivity index (χ2v) is 11.3. The van der Waals surface area contributed by atoms with Gasteiger partial charge in [-0.3, -0.25) is 24.1 Å². The van der Waals surface area contributed by atoms with Crippen molar-refractivity contribution in [2.75, 3.05) is 16.3 Å². The fourth-order valence-electron chi connectivity index (χ4n) is 7.18. The molecule has 7 heteroatoms. The number of amides is 3. The van der Waals surface area contributed by atoms with Gasteiger partial charge in [0.2, 0.25) is 17.7 Å². The predicted octanol–water partition coefficient (Wildman–Crippen LogP) is 3.82. The van der Waals surface area contributed by atoms with Crippen LogP contribution in [0, 0.1) is 55.3 Å². The Morgan fingerprint density at radius 3 is 2.19 bits per heavy atom. The van der Waals surface area contributed by atoms with E-state index in [0.29, 0.717) is 23.3 Å². The van der Waals surface area contributed by atoms with Crippen molar-refractivity contribution in [3.8, 4) is 5.75 Å². The van der Waals surface area contributed by atoms with Gasteiger partial charge in [-0.25, -0.2) is 0 Å². The Hall–Kier alpha value is -3.74. The van der Waals surface area contributed by atoms with E-state index in [4.69, 9.17) is 4.74 Å². The fourth-order valence-corrected chi connectivity index (χ4v) is 7.18. The monoisotopic (exact) mass is 496 g/mol. The number of imide groups is 1. The second-order valence-electron chi connectivity index (χ2n) is 11.3. The van der Waals surface area contributed by atoms with Gasteiger partial charge in [-0.15, -0.1) is 0 Å². The smallest absolute Gasteiger partial charge is 0.316 e. The highest BCUT2D eigenvalue weighted by Crippen LogP contribution is 2.65. The Labute approximate surface area is 215 Å². The molecule has 7 nitrogen and oxygen atoms in total. The van der Waals surface area contributed by atoms with Gasteiger partial charge in [-0.1, -0.05) is 24.3 Å². The van der Waals surface area contributed by atoms with Gasteiger partial charge in [-0.2, -0.15) is 0 Å². The maximum Gasteiger partial charge on any atom is 0.316 e. The molecule has 7 atom stereocenters. The van der Waals surface area contributed by atoms with Crippen molar-refractivity contribution in [1.29, 1.82) is 0 Å². The van der Waals surface area contributed by atoms with E-state index in [1.807, 2.05) is 32.0 Å². The first-order valence-electron chi connectivity index (χ1n) is 13.1. The summed E-state index contributed by atoms with van der Waals surface area (Å²) in [5.41, 5.74) is 3.37. The molecule has 0 spiro atoms. The summed E-state index contributed by atoms with van der Waals surface area (Å²) in [5, 5.41) is 0. The molecule has 6 aliphatic rings. The molecule has 2 heterocycles. The molecule has 0 N–H and O–H groups in total. The standard InChI is InChI=1S/C30H28N2O5/c1-15-3-4-16(2)24(11-15)31-14-17(12-25(31)33)30(36)37-19-7-5-18(6-8-19)32-28(34)26-20-9-10-21(23-13-22(20)23)27(26)29(32)35/h3-11,17,20-23,26-27H,12-14H2,1-2H3/t17-,20+,21+,22+,23+,26-,27+/m1/s1. The van der Waals surface area contributed by atoms with Crippen LogP contribution in [0.25, 0.3) is 0 Å². The van der Waals surface area contributed by atoms with Crippen LogP contribution < -0.4 is 14.5 Å². The molecule has 4 aliphatic carbocycles. The molecule has 0 aromatic heterocycles. The molecule has 2 saturated heterocycles. The minimum atomic E-state index is -0.564. The van der Waals surface area contributed by atoms with E-state index in [9.17, 15) is 19.2 Å². The normalized spacial score (nSPS) is 33.1. The molecule has 0 unspecified atom stereocenters. The molecule has 2 aromatic rings. The van der Waals surface area contributed by atoms with Gasteiger partial charge in [0.1, 0.15) is 5.75 Å². The Kier molecular flexibility index (Phi) is 4.78. The van der Waals surface area contributed by atoms with Crippen molar-refractivity contribution < 1.29 is 23.9 Å². The molecule has 3 amide bonds. The maximum absolute atomic E-state index is 13.3. The van der Waals surface area contributed by atoms with Crippen LogP contribution in [0.3, 0.4) is 0 Å². The lowest BCUT2D eigenvalue weighted by Crippen LogP contribution is -2.40. The van der Waals surface area contributed by atoms with E-state index >= 15 is 0 Å². The van der Waals surface area contributed by atoms with Gasteiger partial charge in [0.15, 0.2) is 0 Å². The van der Waals surface area contributed by atoms with Crippen molar-refractivity contribution in [2.45, 2.75) is 26.7 Å². The first-order valence-corrected chi connectivity index (χ1v) is 13.1. The van der Waals surface area contributed by atoms with Crippen LogP contribution in [0.4, 0.5) is 11.4 Å². The summed E-state index contributed by atoms with van der Waals surface area (Å²) in [4.78, 5) is 55.2. The zero-order valence-electron chi connectivity index (χ0n) is 20.8. The minimum Gasteiger partial charge on any atom is -0.426 e. The number of nitrogens with zero attached hydrogens (tertiary/aromatic N) is 2. The van der Waals surface area contributed by atoms with Crippen molar-refractivity contribution in [3.05, 3.63) is 65.7 Å². The predicted molar refractivity (Wildman–Crippen MR) is 136 cm³/mol. The lowest BCUT2D eigenvalue weighted by Gasteiger charge is -2.37. The number of benzene rings is 2. The molecule has 8 rings (SSSR count). The highest BCUT2D eigenvalue weighted by atomic mass is 16.5. The van der Waals surface area contributed by atoms with Crippen molar-refractivity contribution in [3.63, 3.8) is 0 Å². The third kappa shape index (κ3) is 3.32. The van der Waals surface area contributed by atoms with Crippen LogP contribution in [0.15, 0.2) is 54.6 Å². The topological polar surface area (TPSA) is 84.0 Å². The number of ether oxygens (including phenoxy) is 1. The fraction of sp³-hybridized carbons (Fsp3) is 0.400. The number of hydrogen-bond donors (Lipinski definition) is 0. The Bertz CT molecular complexity index is 1360. The van der Waals surface area contributed by atoms with Crippen LogP contribution >= 0.6 is 0 Å². The van der Waals surface area contributed by atoms with Gasteiger partial charge in [0.25, 0.3) is 0 Å². The third-order valence-electron chi connectivity index (χ3n) is 9.09. The van der Waals surface area contributed by atoms with Crippen LogP contribution in [0.5, 0.6) is 5.75 Å². The van der Waals surface area contributed by atoms with Crippen LogP contribution in [-0.4, -0.2) is 30.2 Å². The highest BCUT2D eigenvalue weighted by Gasteiger charge is 2.67. The first-order chi connectivity index (χ1) is 17.8. The number of carbonyl (C=O) groups is 4. The lowest BCUT2D eigenvalue weighted by molar-refractivity contribution is -0.139. The maximum atomic E-state index is 13.3. The number of esters is 1. The van der Waals surface area contributed by atoms with Crippen molar-refractivity contribution in [1.82, 2.24) is 0 Å². The number of allylic oxidation sites excluding steroid dienone is 2. The van der Waals surface area contributed by atoms with Gasteiger partial charge in [0, 0.05) is 18.7 Å². The van der Waals surface area contributed by atoms with Gasteiger partial charge in [0.05, 0.1) is 23.4 Å². The molecule has 2 bridgehead atoms. The zero-order valence-corrected chi connectivity index (χ0v) is 20.8. The van der Waals surface area contributed by atoms with Crippen molar-refractivity contribution >= 4 is 35.1 Å². The van der Waals surface area contributed by atoms with Crippen molar-refractivity contribution in [2.24, 2.45) is 41.4 Å². The summed E-state index contributed by atoms with van der Waals surface area (Å²) in [6.45, 7) is 4.20. The molecule has 188 valence electrons. The summed E-state index contributed by atoms with van der Waals surface area (Å²) >= 11 is 0. The summed E-state index contributed by atoms with van der Waals surface area (Å²) < 4.78 is 5.60. The number of aryl methyl sites for hydroxylation is 2. The minimum absolute atomic E-state index is 0.0976. The summed E-state index contributed by atoms with van der Waals surface area (Å²) in [6.07, 6.45) is 5.55. The van der Waals surface area contributed by atoms with E-state index in [1.54, 1.807) is 29.2 Å². The number of anilines is 2. The molecule has 2 saturated carbocycles. The Morgan fingerprint density at radius 1 is 0.892 bits per heavy atom. The largest absolute Gasteiger partial charge is 0.426 e. The molecule has 0 radical (unpaired) electrons. The quantitative estimate of drug-likeness (QED) is 0.278. The highest BCUT2D eigenvalue weighted by molar-refractivity contribution is 6.22. The third-order valence-corrected chi connectivity index (χ3v) is 9.09. The summed E-state index contributed by atoms with van der Waals surface area (Å²) in [5.74, 6) is -0.0380. The molecule has 37 heavy (non-hydrogen) atoms. The Morgan fingerprint density at radius 2 is 1.54 bits per heavy atom. The van der Waals surface area contributed by atoms with Crippen LogP contribution in [0.2, 0.25) is 0 Å². The molecular formula is C30H28N2O5. The Balaban J connectivity index is 1.04. The SMILES string of the molecule is Cc1ccc(C)c(N2C[C@H](C(=O)Oc3ccc(N4C(=O)[C@@H]5[C@H]6C=C[C@@H]([C@@H]7C[C@@H]67)[C@@H]5C4=O)cc3)CC2=O)c1. The van der Waals surface area contributed by atoms with Crippen LogP contribution in [-0.2, 0) is 19.2 Å². The lowest BCUT2D eigenvalue weighted by atomic mass is 9.63. The summed E-state index contributed by atoms with van der Waals surface area (Å²) in [7, 11) is 0. The second kappa shape index (κ2) is 7.88. The molecular weight excluding hydrogens is 468 g/mol. The molecule has 2 aromatic carbocycles. The average Bonchev–Trinajstić information content (AvgIpc) is 3.57. The zero-order chi connectivity index (χ0) is 25.6. The number of carbonyl (C=O) groups excluding carboxylic acids is 4. The van der Waals surface area contributed by atoms with Gasteiger partial charge >= 0.3 is 5.97 Å². The van der Waals surface area contributed by atoms with E-state index in [0.717, 1.165) is 23.2 Å². The van der Waals surface area contributed by atoms with E-state index in [2.05, 4.69) is 12.2 Å². The average molecular weight is 497 g/mol. The molecule has 2 aliphatic heterocycles. The summed E-state index contributed by atoms with van der Waals surface area (Å²) in [6, 6.07) is 12.5. The van der Waals surface area contributed by atoms with Gasteiger partial charge < -0.3 is 9.64 Å². The first kappa shape index (κ1) is 22.5. The van der Waals surface area contributed by atoms with E-state index in [1.165, 1.54) is 4.90 Å². The molecule has 4 fully saturated rings. The van der Waals surface area contributed by atoms with Crippen LogP contribution in [0.1, 0.15) is 24.0 Å². The van der Waals surface area contributed by atoms with E-state index in [-0.39, 0.29) is 54.4 Å². The van der Waals surface area contributed by atoms with Gasteiger partial charge in [-0.05, 0) is 85.4 Å². The number of hydrogen-bond acceptors (Lipinski definition) is 5. The number of rotatable bonds is 4. The van der Waals surface area contributed by atoms with E-state index < -0.39 is 11.9 Å².